The summed E-state index contributed by atoms with van der Waals surface area (Å²) < 4.78 is 3.85. The third-order valence-corrected chi connectivity index (χ3v) is 5.62. The van der Waals surface area contributed by atoms with Crippen molar-refractivity contribution in [2.24, 2.45) is 0 Å². The predicted molar refractivity (Wildman–Crippen MR) is 105 cm³/mol. The standard InChI is InChI=1S/C19H20N6OS/c1-13-5-3-4-6-15(13)16-7-8-17(22-21-16)24-9-11-25(12-10-24)19(26)18-14(2)20-23-27-18/h3-8H,9-12H2,1-2H3. The summed E-state index contributed by atoms with van der Waals surface area (Å²) in [7, 11) is 0. The highest BCUT2D eigenvalue weighted by Gasteiger charge is 2.25. The van der Waals surface area contributed by atoms with Crippen molar-refractivity contribution in [2.45, 2.75) is 13.8 Å². The van der Waals surface area contributed by atoms with E-state index in [-0.39, 0.29) is 5.91 Å². The van der Waals surface area contributed by atoms with Crippen LogP contribution in [0.15, 0.2) is 36.4 Å². The predicted octanol–water partition coefficient (Wildman–Crippen LogP) is 2.57. The van der Waals surface area contributed by atoms with Gasteiger partial charge in [-0.15, -0.1) is 15.3 Å². The zero-order chi connectivity index (χ0) is 18.8. The van der Waals surface area contributed by atoms with Crippen molar-refractivity contribution in [1.82, 2.24) is 24.7 Å². The maximum Gasteiger partial charge on any atom is 0.267 e. The number of aromatic nitrogens is 4. The number of anilines is 1. The molecule has 0 spiro atoms. The normalized spacial score (nSPS) is 14.4. The van der Waals surface area contributed by atoms with Gasteiger partial charge in [-0.1, -0.05) is 28.8 Å². The average Bonchev–Trinajstić information content (AvgIpc) is 3.14. The Morgan fingerprint density at radius 2 is 1.74 bits per heavy atom. The number of rotatable bonds is 3. The van der Waals surface area contributed by atoms with E-state index >= 15 is 0 Å². The molecule has 0 bridgehead atoms. The van der Waals surface area contributed by atoms with Gasteiger partial charge in [-0.05, 0) is 43.1 Å². The Bertz CT molecular complexity index is 947. The molecule has 0 aliphatic carbocycles. The van der Waals surface area contributed by atoms with Crippen molar-refractivity contribution in [3.8, 4) is 11.3 Å². The van der Waals surface area contributed by atoms with Gasteiger partial charge in [0.15, 0.2) is 5.82 Å². The summed E-state index contributed by atoms with van der Waals surface area (Å²) >= 11 is 1.16. The molecule has 27 heavy (non-hydrogen) atoms. The molecule has 2 aromatic heterocycles. The van der Waals surface area contributed by atoms with Crippen LogP contribution in [0.5, 0.6) is 0 Å². The Balaban J connectivity index is 1.42. The number of carbonyl (C=O) groups is 1. The summed E-state index contributed by atoms with van der Waals surface area (Å²) in [6.45, 7) is 6.65. The van der Waals surface area contributed by atoms with Crippen LogP contribution in [0.25, 0.3) is 11.3 Å². The largest absolute Gasteiger partial charge is 0.352 e. The summed E-state index contributed by atoms with van der Waals surface area (Å²) in [5, 5.41) is 12.7. The van der Waals surface area contributed by atoms with Crippen LogP contribution in [-0.2, 0) is 0 Å². The molecule has 3 heterocycles. The maximum atomic E-state index is 12.6. The lowest BCUT2D eigenvalue weighted by Gasteiger charge is -2.35. The second kappa shape index (κ2) is 7.40. The monoisotopic (exact) mass is 380 g/mol. The first-order valence-electron chi connectivity index (χ1n) is 8.86. The third-order valence-electron chi connectivity index (χ3n) is 4.81. The molecule has 8 heteroatoms. The first kappa shape index (κ1) is 17.5. The van der Waals surface area contributed by atoms with Gasteiger partial charge in [0.1, 0.15) is 4.88 Å². The van der Waals surface area contributed by atoms with Gasteiger partial charge in [0.25, 0.3) is 5.91 Å². The molecule has 1 fully saturated rings. The molecule has 1 aromatic carbocycles. The van der Waals surface area contributed by atoms with E-state index in [1.165, 1.54) is 5.56 Å². The highest BCUT2D eigenvalue weighted by Crippen LogP contribution is 2.22. The Morgan fingerprint density at radius 1 is 0.963 bits per heavy atom. The summed E-state index contributed by atoms with van der Waals surface area (Å²) in [5.41, 5.74) is 3.85. The SMILES string of the molecule is Cc1ccccc1-c1ccc(N2CCN(C(=O)c3snnc3C)CC2)nn1. The van der Waals surface area contributed by atoms with E-state index in [2.05, 4.69) is 43.7 Å². The molecule has 0 saturated carbocycles. The minimum atomic E-state index is 0.0168. The quantitative estimate of drug-likeness (QED) is 0.695. The van der Waals surface area contributed by atoms with Crippen LogP contribution < -0.4 is 4.90 Å². The number of nitrogens with zero attached hydrogens (tertiary/aromatic N) is 6. The topological polar surface area (TPSA) is 75.1 Å². The van der Waals surface area contributed by atoms with Crippen LogP contribution >= 0.6 is 11.5 Å². The van der Waals surface area contributed by atoms with Crippen LogP contribution in [-0.4, -0.2) is 56.8 Å². The molecular weight excluding hydrogens is 360 g/mol. The summed E-state index contributed by atoms with van der Waals surface area (Å²) in [6.07, 6.45) is 0. The Kier molecular flexibility index (Phi) is 4.81. The lowest BCUT2D eigenvalue weighted by molar-refractivity contribution is 0.0750. The van der Waals surface area contributed by atoms with Crippen LogP contribution in [0, 0.1) is 13.8 Å². The van der Waals surface area contributed by atoms with Crippen molar-refractivity contribution < 1.29 is 4.79 Å². The van der Waals surface area contributed by atoms with Crippen molar-refractivity contribution in [3.05, 3.63) is 52.5 Å². The summed E-state index contributed by atoms with van der Waals surface area (Å²) in [4.78, 5) is 17.2. The molecule has 7 nitrogen and oxygen atoms in total. The van der Waals surface area contributed by atoms with Crippen molar-refractivity contribution >= 4 is 23.3 Å². The fourth-order valence-corrected chi connectivity index (χ4v) is 3.83. The van der Waals surface area contributed by atoms with Gasteiger partial charge in [0.05, 0.1) is 11.4 Å². The van der Waals surface area contributed by atoms with Gasteiger partial charge in [0, 0.05) is 31.7 Å². The van der Waals surface area contributed by atoms with Gasteiger partial charge < -0.3 is 9.80 Å². The second-order valence-electron chi connectivity index (χ2n) is 6.56. The molecule has 0 atom stereocenters. The summed E-state index contributed by atoms with van der Waals surface area (Å²) in [6, 6.07) is 12.2. The molecule has 0 unspecified atom stereocenters. The molecular formula is C19H20N6OS. The van der Waals surface area contributed by atoms with E-state index in [4.69, 9.17) is 0 Å². The minimum Gasteiger partial charge on any atom is -0.352 e. The molecule has 1 aliphatic heterocycles. The smallest absolute Gasteiger partial charge is 0.267 e. The van der Waals surface area contributed by atoms with E-state index < -0.39 is 0 Å². The van der Waals surface area contributed by atoms with Crippen LogP contribution in [0.2, 0.25) is 0 Å². The number of carbonyl (C=O) groups excluding carboxylic acids is 1. The van der Waals surface area contributed by atoms with Crippen LogP contribution in [0.1, 0.15) is 20.9 Å². The average molecular weight is 380 g/mol. The first-order chi connectivity index (χ1) is 13.1. The summed E-state index contributed by atoms with van der Waals surface area (Å²) in [5.74, 6) is 0.859. The van der Waals surface area contributed by atoms with Gasteiger partial charge in [-0.3, -0.25) is 4.79 Å². The maximum absolute atomic E-state index is 12.6. The second-order valence-corrected chi connectivity index (χ2v) is 7.31. The molecule has 4 rings (SSSR count). The number of piperazine rings is 1. The minimum absolute atomic E-state index is 0.0168. The van der Waals surface area contributed by atoms with Gasteiger partial charge in [-0.25, -0.2) is 0 Å². The van der Waals surface area contributed by atoms with Gasteiger partial charge in [-0.2, -0.15) is 0 Å². The van der Waals surface area contributed by atoms with Crippen molar-refractivity contribution in [1.29, 1.82) is 0 Å². The first-order valence-corrected chi connectivity index (χ1v) is 9.64. The Morgan fingerprint density at radius 3 is 2.37 bits per heavy atom. The number of hydrogen-bond donors (Lipinski definition) is 0. The van der Waals surface area contributed by atoms with Crippen LogP contribution in [0.3, 0.4) is 0 Å². The molecule has 1 amide bonds. The zero-order valence-corrected chi connectivity index (χ0v) is 16.1. The van der Waals surface area contributed by atoms with E-state index in [9.17, 15) is 4.79 Å². The van der Waals surface area contributed by atoms with E-state index in [1.807, 2.05) is 36.1 Å². The molecule has 3 aromatic rings. The zero-order valence-electron chi connectivity index (χ0n) is 15.3. The highest BCUT2D eigenvalue weighted by atomic mass is 32.1. The molecule has 138 valence electrons. The van der Waals surface area contributed by atoms with E-state index in [0.717, 1.165) is 41.7 Å². The molecule has 1 saturated heterocycles. The number of benzene rings is 1. The number of aryl methyl sites for hydroxylation is 2. The van der Waals surface area contributed by atoms with E-state index in [0.29, 0.717) is 23.7 Å². The lowest BCUT2D eigenvalue weighted by atomic mass is 10.1. The fourth-order valence-electron chi connectivity index (χ4n) is 3.21. The lowest BCUT2D eigenvalue weighted by Crippen LogP contribution is -2.49. The van der Waals surface area contributed by atoms with Gasteiger partial charge in [0.2, 0.25) is 0 Å². The number of hydrogen-bond acceptors (Lipinski definition) is 7. The van der Waals surface area contributed by atoms with E-state index in [1.54, 1.807) is 0 Å². The Hall–Kier alpha value is -2.87. The molecule has 1 aliphatic rings. The fraction of sp³-hybridized carbons (Fsp3) is 0.316. The molecule has 0 radical (unpaired) electrons. The van der Waals surface area contributed by atoms with Crippen molar-refractivity contribution in [2.75, 3.05) is 31.1 Å². The number of amides is 1. The molecule has 0 N–H and O–H groups in total. The van der Waals surface area contributed by atoms with Crippen LogP contribution in [0.4, 0.5) is 5.82 Å². The Labute approximate surface area is 161 Å². The van der Waals surface area contributed by atoms with Gasteiger partial charge >= 0.3 is 0 Å². The third kappa shape index (κ3) is 3.52. The highest BCUT2D eigenvalue weighted by molar-refractivity contribution is 7.07. The van der Waals surface area contributed by atoms with Crippen molar-refractivity contribution in [3.63, 3.8) is 0 Å².